The molecule has 17 aromatic carbocycles. The summed E-state index contributed by atoms with van der Waals surface area (Å²) in [5, 5.41) is 15.2. The summed E-state index contributed by atoms with van der Waals surface area (Å²) in [5.74, 6) is 3.87. The first-order valence-corrected chi connectivity index (χ1v) is 44.5. The monoisotopic (exact) mass is 1460 g/mol. The van der Waals surface area contributed by atoms with Gasteiger partial charge < -0.3 is 0 Å². The Kier molecular flexibility index (Phi) is 16.7. The number of fused-ring (bicyclic) bond motifs is 10. The van der Waals surface area contributed by atoms with Crippen LogP contribution in [-0.2, 0) is 0 Å². The molecule has 0 saturated heterocycles. The molecule has 2 aliphatic rings. The Hall–Kier alpha value is -13.8. The van der Waals surface area contributed by atoms with Crippen molar-refractivity contribution in [3.63, 3.8) is 0 Å². The molecule has 2 aliphatic heterocycles. The van der Waals surface area contributed by atoms with E-state index in [0.717, 1.165) is 88.3 Å². The van der Waals surface area contributed by atoms with Crippen LogP contribution in [0.1, 0.15) is 0 Å². The Morgan fingerprint density at radius 2 is 0.420 bits per heavy atom. The maximum atomic E-state index is 5.39. The summed E-state index contributed by atoms with van der Waals surface area (Å²) in [6, 6.07) is 135. The largest absolute Gasteiger partial charge is 0.208 e. The molecular formula is C104H74N6Si2. The van der Waals surface area contributed by atoms with E-state index in [1.807, 2.05) is 36.4 Å². The molecule has 21 rings (SSSR count). The number of benzene rings is 17. The molecular weight excluding hydrogens is 1390 g/mol. The molecule has 0 bridgehead atoms. The summed E-state index contributed by atoms with van der Waals surface area (Å²) < 4.78 is 0. The standard InChI is InChI=1S/C55H39N3Si.C49H35N3Si/c1-59(2)49-30-14-13-25-43(49)48-35-40(31-32-50(48)59)51-44-26-9-11-28-46(44)52(47-29-12-10-27-45(47)51)55-57-53(41-23-15-21-38(33-41)36-17-5-3-6-18-36)56-54(58-55)42-24-16-22-39(34-42)37-19-7-4-8-20-37;1-53(2)43-28-16-15-22-36(43)42-31-34(29-30-44(42)53)45-37-23-10-12-25-39(37)46(40-26-13-11-24-38(40)45)49-51-47(33-19-7-4-8-20-33)50-48(52-49)41-27-14-9-21-35(41)32-17-5-3-6-18-32/h3-35H,1-2H3;3-31H,1-2H3. The zero-order valence-electron chi connectivity index (χ0n) is 62.5. The van der Waals surface area contributed by atoms with Crippen LogP contribution >= 0.6 is 0 Å². The third-order valence-electron chi connectivity index (χ3n) is 23.1. The van der Waals surface area contributed by atoms with Crippen LogP contribution in [0.3, 0.4) is 0 Å². The molecule has 0 saturated carbocycles. The Bertz CT molecular complexity index is 6730. The Labute approximate surface area is 653 Å². The fourth-order valence-electron chi connectivity index (χ4n) is 17.7. The zero-order chi connectivity index (χ0) is 75.0. The third kappa shape index (κ3) is 11.7. The minimum atomic E-state index is -1.80. The van der Waals surface area contributed by atoms with Crippen LogP contribution in [-0.4, -0.2) is 46.1 Å². The molecule has 8 heteroatoms. The summed E-state index contributed by atoms with van der Waals surface area (Å²) in [7, 11) is -3.58. The van der Waals surface area contributed by atoms with Gasteiger partial charge in [-0.2, -0.15) is 0 Å². The molecule has 0 atom stereocenters. The average Bonchev–Trinajstić information content (AvgIpc) is 1.33. The molecule has 0 radical (unpaired) electrons. The first kappa shape index (κ1) is 67.6. The molecule has 528 valence electrons. The fourth-order valence-corrected chi connectivity index (χ4v) is 23.8. The van der Waals surface area contributed by atoms with Crippen molar-refractivity contribution in [2.24, 2.45) is 0 Å². The Balaban J connectivity index is 0.000000147. The smallest absolute Gasteiger partial charge is 0.165 e. The van der Waals surface area contributed by atoms with Crippen molar-refractivity contribution in [1.29, 1.82) is 0 Å². The summed E-state index contributed by atoms with van der Waals surface area (Å²) in [4.78, 5) is 31.8. The average molecular weight is 1460 g/mol. The molecule has 112 heavy (non-hydrogen) atoms. The van der Waals surface area contributed by atoms with Crippen molar-refractivity contribution in [3.8, 4) is 146 Å². The van der Waals surface area contributed by atoms with Gasteiger partial charge in [-0.25, -0.2) is 29.9 Å². The van der Waals surface area contributed by atoms with Gasteiger partial charge in [-0.05, 0) is 166 Å². The van der Waals surface area contributed by atoms with E-state index in [0.29, 0.717) is 34.9 Å². The van der Waals surface area contributed by atoms with Crippen molar-refractivity contribution in [1.82, 2.24) is 29.9 Å². The lowest BCUT2D eigenvalue weighted by atomic mass is 9.87. The quantitative estimate of drug-likeness (QED) is 0.0949. The van der Waals surface area contributed by atoms with Crippen LogP contribution in [0.2, 0.25) is 26.2 Å². The lowest BCUT2D eigenvalue weighted by molar-refractivity contribution is 1.08. The van der Waals surface area contributed by atoms with Crippen LogP contribution in [0.15, 0.2) is 376 Å². The third-order valence-corrected chi connectivity index (χ3v) is 30.2. The highest BCUT2D eigenvalue weighted by Crippen LogP contribution is 2.48. The first-order valence-electron chi connectivity index (χ1n) is 38.5. The highest BCUT2D eigenvalue weighted by Gasteiger charge is 2.39. The number of hydrogen-bond acceptors (Lipinski definition) is 6. The second-order valence-corrected chi connectivity index (χ2v) is 39.0. The molecule has 0 spiro atoms. The van der Waals surface area contributed by atoms with Crippen molar-refractivity contribution >= 4 is 80.0 Å². The minimum absolute atomic E-state index is 0.634. The molecule has 2 aromatic heterocycles. The number of hydrogen-bond donors (Lipinski definition) is 0. The zero-order valence-corrected chi connectivity index (χ0v) is 64.5. The van der Waals surface area contributed by atoms with Crippen LogP contribution < -0.4 is 20.7 Å². The van der Waals surface area contributed by atoms with Gasteiger partial charge in [0.05, 0.1) is 0 Å². The SMILES string of the molecule is C[Si]1(C)c2ccccc2-c2cc(-c3c4ccccc4c(-c4nc(-c5cccc(-c6ccccc6)c5)nc(-c5cccc(-c6ccccc6)c5)n4)c4ccccc34)ccc21.C[Si]1(C)c2ccccc2-c2cc(-c3c4ccccc4c(-c4nc(-c5ccccc5)nc(-c5ccccc5-c5ccccc5)n4)c4ccccc34)ccc21. The van der Waals surface area contributed by atoms with E-state index in [4.69, 9.17) is 29.9 Å². The van der Waals surface area contributed by atoms with E-state index >= 15 is 0 Å². The van der Waals surface area contributed by atoms with Crippen molar-refractivity contribution in [2.45, 2.75) is 26.2 Å². The predicted molar refractivity (Wildman–Crippen MR) is 474 cm³/mol. The molecule has 0 unspecified atom stereocenters. The van der Waals surface area contributed by atoms with Crippen LogP contribution in [0.5, 0.6) is 0 Å². The van der Waals surface area contributed by atoms with Gasteiger partial charge in [-0.3, -0.25) is 0 Å². The topological polar surface area (TPSA) is 77.3 Å². The molecule has 0 aliphatic carbocycles. The molecule has 6 nitrogen and oxygen atoms in total. The minimum Gasteiger partial charge on any atom is -0.208 e. The summed E-state index contributed by atoms with van der Waals surface area (Å²) >= 11 is 0. The van der Waals surface area contributed by atoms with Gasteiger partial charge in [0, 0.05) is 33.4 Å². The van der Waals surface area contributed by atoms with E-state index in [9.17, 15) is 0 Å². The van der Waals surface area contributed by atoms with Gasteiger partial charge in [0.25, 0.3) is 0 Å². The Morgan fingerprint density at radius 1 is 0.152 bits per heavy atom. The van der Waals surface area contributed by atoms with Crippen molar-refractivity contribution < 1.29 is 0 Å². The number of aromatic nitrogens is 6. The van der Waals surface area contributed by atoms with Gasteiger partial charge in [0.15, 0.2) is 34.9 Å². The lowest BCUT2D eigenvalue weighted by Crippen LogP contribution is -2.49. The molecule has 4 heterocycles. The van der Waals surface area contributed by atoms with Crippen LogP contribution in [0, 0.1) is 0 Å². The van der Waals surface area contributed by atoms with Crippen molar-refractivity contribution in [2.75, 3.05) is 0 Å². The predicted octanol–water partition coefficient (Wildman–Crippen LogP) is 24.3. The van der Waals surface area contributed by atoms with Crippen LogP contribution in [0.25, 0.3) is 189 Å². The molecule has 0 amide bonds. The summed E-state index contributed by atoms with van der Waals surface area (Å²) in [6.07, 6.45) is 0. The number of rotatable bonds is 11. The van der Waals surface area contributed by atoms with Gasteiger partial charge in [-0.15, -0.1) is 0 Å². The molecule has 0 N–H and O–H groups in total. The highest BCUT2D eigenvalue weighted by molar-refractivity contribution is 7.04. The maximum Gasteiger partial charge on any atom is 0.165 e. The Morgan fingerprint density at radius 3 is 0.821 bits per heavy atom. The second-order valence-electron chi connectivity index (χ2n) is 30.3. The van der Waals surface area contributed by atoms with Gasteiger partial charge >= 0.3 is 0 Å². The first-order chi connectivity index (χ1) is 55.1. The van der Waals surface area contributed by atoms with Gasteiger partial charge in [-0.1, -0.05) is 378 Å². The van der Waals surface area contributed by atoms with Gasteiger partial charge in [0.2, 0.25) is 0 Å². The summed E-state index contributed by atoms with van der Waals surface area (Å²) in [5.41, 5.74) is 22.9. The molecule has 19 aromatic rings. The maximum absolute atomic E-state index is 5.39. The van der Waals surface area contributed by atoms with Crippen LogP contribution in [0.4, 0.5) is 0 Å². The second kappa shape index (κ2) is 27.7. The van der Waals surface area contributed by atoms with E-state index in [1.165, 1.54) is 86.8 Å². The van der Waals surface area contributed by atoms with E-state index < -0.39 is 16.1 Å². The van der Waals surface area contributed by atoms with E-state index in [-0.39, 0.29) is 0 Å². The lowest BCUT2D eigenvalue weighted by Gasteiger charge is -2.20. The summed E-state index contributed by atoms with van der Waals surface area (Å²) in [6.45, 7) is 9.90. The van der Waals surface area contributed by atoms with E-state index in [1.54, 1.807) is 0 Å². The fraction of sp³-hybridized carbons (Fsp3) is 0.0385. The highest BCUT2D eigenvalue weighted by atomic mass is 28.3. The van der Waals surface area contributed by atoms with Gasteiger partial charge in [0.1, 0.15) is 16.1 Å². The normalized spacial score (nSPS) is 12.8. The van der Waals surface area contributed by atoms with Crippen molar-refractivity contribution in [3.05, 3.63) is 376 Å². The number of nitrogens with zero attached hydrogens (tertiary/aromatic N) is 6. The van der Waals surface area contributed by atoms with E-state index in [2.05, 4.69) is 366 Å². The molecule has 0 fully saturated rings.